The van der Waals surface area contributed by atoms with E-state index < -0.39 is 10.0 Å². The van der Waals surface area contributed by atoms with Crippen LogP contribution >= 0.6 is 0 Å². The summed E-state index contributed by atoms with van der Waals surface area (Å²) >= 11 is 0. The molecule has 0 heterocycles. The van der Waals surface area contributed by atoms with Crippen LogP contribution in [-0.2, 0) is 14.8 Å². The van der Waals surface area contributed by atoms with Gasteiger partial charge in [-0.15, -0.1) is 0 Å². The standard InChI is InChI=1S/C21H22N2O6S/c1-23(11-4-7-19(25)22-10-12-24)30(28,29)14-8-9-17-18(13-14)21(27)16-6-3-2-5-15(16)20(17)26/h2-3,5-6,8-9,13,24H,4,7,10-12H2,1H3,(H,22,25). The number of hydrogen-bond donors (Lipinski definition) is 2. The molecule has 1 aliphatic rings. The lowest BCUT2D eigenvalue weighted by Crippen LogP contribution is -2.31. The van der Waals surface area contributed by atoms with E-state index in [9.17, 15) is 22.8 Å². The van der Waals surface area contributed by atoms with Gasteiger partial charge in [-0.2, -0.15) is 0 Å². The number of aliphatic hydroxyl groups is 1. The topological polar surface area (TPSA) is 121 Å². The van der Waals surface area contributed by atoms with E-state index in [0.29, 0.717) is 12.0 Å². The summed E-state index contributed by atoms with van der Waals surface area (Å²) in [4.78, 5) is 37.0. The van der Waals surface area contributed by atoms with E-state index in [1.165, 1.54) is 25.2 Å². The number of ketones is 2. The third kappa shape index (κ3) is 4.18. The third-order valence-corrected chi connectivity index (χ3v) is 6.77. The predicted octanol–water partition coefficient (Wildman–Crippen LogP) is 0.971. The van der Waals surface area contributed by atoms with Crippen LogP contribution in [0.1, 0.15) is 44.7 Å². The summed E-state index contributed by atoms with van der Waals surface area (Å²) in [7, 11) is -2.52. The van der Waals surface area contributed by atoms with Crippen molar-refractivity contribution in [2.24, 2.45) is 0 Å². The molecule has 8 nitrogen and oxygen atoms in total. The van der Waals surface area contributed by atoms with Crippen molar-refractivity contribution < 1.29 is 27.9 Å². The summed E-state index contributed by atoms with van der Waals surface area (Å²) in [5.74, 6) is -0.974. The first-order valence-electron chi connectivity index (χ1n) is 9.43. The van der Waals surface area contributed by atoms with Crippen LogP contribution in [0.2, 0.25) is 0 Å². The van der Waals surface area contributed by atoms with E-state index in [1.54, 1.807) is 24.3 Å². The molecule has 0 aromatic heterocycles. The molecule has 2 N–H and O–H groups in total. The molecule has 0 unspecified atom stereocenters. The minimum atomic E-state index is -3.91. The number of aliphatic hydroxyl groups excluding tert-OH is 1. The molecule has 0 atom stereocenters. The van der Waals surface area contributed by atoms with Gasteiger partial charge in [-0.3, -0.25) is 14.4 Å². The fraction of sp³-hybridized carbons (Fsp3) is 0.286. The van der Waals surface area contributed by atoms with Gasteiger partial charge in [0.05, 0.1) is 11.5 Å². The summed E-state index contributed by atoms with van der Waals surface area (Å²) in [6, 6.07) is 10.4. The minimum Gasteiger partial charge on any atom is -0.395 e. The first-order chi connectivity index (χ1) is 14.3. The molecule has 0 spiro atoms. The number of carbonyl (C=O) groups excluding carboxylic acids is 3. The maximum Gasteiger partial charge on any atom is 0.242 e. The zero-order valence-corrected chi connectivity index (χ0v) is 17.2. The van der Waals surface area contributed by atoms with Crippen LogP contribution in [0.3, 0.4) is 0 Å². The van der Waals surface area contributed by atoms with Gasteiger partial charge in [0.1, 0.15) is 0 Å². The highest BCUT2D eigenvalue weighted by Crippen LogP contribution is 2.29. The fourth-order valence-electron chi connectivity index (χ4n) is 3.29. The van der Waals surface area contributed by atoms with Crippen LogP contribution < -0.4 is 5.32 Å². The Kier molecular flexibility index (Phi) is 6.45. The van der Waals surface area contributed by atoms with E-state index in [0.717, 1.165) is 4.31 Å². The fourth-order valence-corrected chi connectivity index (χ4v) is 4.52. The van der Waals surface area contributed by atoms with E-state index >= 15 is 0 Å². The maximum absolute atomic E-state index is 12.9. The Bertz CT molecular complexity index is 1110. The monoisotopic (exact) mass is 430 g/mol. The SMILES string of the molecule is CN(CCCC(=O)NCCO)S(=O)(=O)c1ccc2c(c1)C(=O)c1ccccc1C2=O. The smallest absolute Gasteiger partial charge is 0.242 e. The molecule has 2 aromatic rings. The van der Waals surface area contributed by atoms with Crippen LogP contribution in [0.5, 0.6) is 0 Å². The first kappa shape index (κ1) is 21.8. The molecule has 1 aliphatic carbocycles. The largest absolute Gasteiger partial charge is 0.395 e. The number of hydrogen-bond acceptors (Lipinski definition) is 6. The van der Waals surface area contributed by atoms with E-state index in [2.05, 4.69) is 5.32 Å². The Morgan fingerprint density at radius 1 is 1.00 bits per heavy atom. The molecule has 3 rings (SSSR count). The molecule has 0 radical (unpaired) electrons. The predicted molar refractivity (Wildman–Crippen MR) is 109 cm³/mol. The van der Waals surface area contributed by atoms with Gasteiger partial charge in [0.15, 0.2) is 11.6 Å². The Balaban J connectivity index is 1.78. The molecule has 1 amide bonds. The second-order valence-corrected chi connectivity index (χ2v) is 8.96. The number of rotatable bonds is 8. The van der Waals surface area contributed by atoms with Gasteiger partial charge in [0.2, 0.25) is 15.9 Å². The van der Waals surface area contributed by atoms with E-state index in [4.69, 9.17) is 5.11 Å². The number of nitrogens with zero attached hydrogens (tertiary/aromatic N) is 1. The lowest BCUT2D eigenvalue weighted by atomic mass is 9.84. The molecule has 2 aromatic carbocycles. The van der Waals surface area contributed by atoms with Gasteiger partial charge < -0.3 is 10.4 Å². The Morgan fingerprint density at radius 2 is 1.60 bits per heavy atom. The Hall–Kier alpha value is -2.88. The molecule has 0 bridgehead atoms. The zero-order valence-electron chi connectivity index (χ0n) is 16.4. The quantitative estimate of drug-likeness (QED) is 0.549. The summed E-state index contributed by atoms with van der Waals surface area (Å²) in [5, 5.41) is 11.2. The van der Waals surface area contributed by atoms with Crippen LogP contribution in [0.4, 0.5) is 0 Å². The number of benzene rings is 2. The van der Waals surface area contributed by atoms with E-state index in [-0.39, 0.29) is 65.2 Å². The van der Waals surface area contributed by atoms with Crippen molar-refractivity contribution in [3.8, 4) is 0 Å². The molecule has 0 fully saturated rings. The van der Waals surface area contributed by atoms with Gasteiger partial charge in [0.25, 0.3) is 0 Å². The van der Waals surface area contributed by atoms with Gasteiger partial charge >= 0.3 is 0 Å². The molecule has 0 saturated heterocycles. The van der Waals surface area contributed by atoms with Crippen molar-refractivity contribution in [3.05, 3.63) is 64.7 Å². The first-order valence-corrected chi connectivity index (χ1v) is 10.9. The van der Waals surface area contributed by atoms with Crippen LogP contribution in [-0.4, -0.2) is 62.0 Å². The molecule has 0 aliphatic heterocycles. The molecule has 30 heavy (non-hydrogen) atoms. The number of amides is 1. The second kappa shape index (κ2) is 8.86. The van der Waals surface area contributed by atoms with Gasteiger partial charge in [-0.05, 0) is 24.6 Å². The average molecular weight is 430 g/mol. The maximum atomic E-state index is 12.9. The summed E-state index contributed by atoms with van der Waals surface area (Å²) in [5.41, 5.74) is 0.811. The average Bonchev–Trinajstić information content (AvgIpc) is 2.75. The second-order valence-electron chi connectivity index (χ2n) is 6.91. The number of fused-ring (bicyclic) bond motifs is 2. The molecular formula is C21H22N2O6S. The molecule has 9 heteroatoms. The lowest BCUT2D eigenvalue weighted by Gasteiger charge is -2.20. The molecule has 0 saturated carbocycles. The highest BCUT2D eigenvalue weighted by atomic mass is 32.2. The van der Waals surface area contributed by atoms with Gasteiger partial charge in [-0.1, -0.05) is 24.3 Å². The van der Waals surface area contributed by atoms with Crippen molar-refractivity contribution in [3.63, 3.8) is 0 Å². The van der Waals surface area contributed by atoms with Gasteiger partial charge in [0, 0.05) is 48.8 Å². The molecule has 158 valence electrons. The molecular weight excluding hydrogens is 408 g/mol. The Labute approximate surface area is 174 Å². The summed E-state index contributed by atoms with van der Waals surface area (Å²) in [6.45, 7) is 0.0870. The van der Waals surface area contributed by atoms with Crippen molar-refractivity contribution in [2.75, 3.05) is 26.7 Å². The highest BCUT2D eigenvalue weighted by Gasteiger charge is 2.31. The lowest BCUT2D eigenvalue weighted by molar-refractivity contribution is -0.121. The highest BCUT2D eigenvalue weighted by molar-refractivity contribution is 7.89. The van der Waals surface area contributed by atoms with Crippen molar-refractivity contribution in [1.29, 1.82) is 0 Å². The third-order valence-electron chi connectivity index (χ3n) is 4.92. The summed E-state index contributed by atoms with van der Waals surface area (Å²) < 4.78 is 26.9. The van der Waals surface area contributed by atoms with Crippen LogP contribution in [0.25, 0.3) is 0 Å². The Morgan fingerprint density at radius 3 is 2.23 bits per heavy atom. The van der Waals surface area contributed by atoms with Crippen molar-refractivity contribution in [2.45, 2.75) is 17.7 Å². The number of carbonyl (C=O) groups is 3. The van der Waals surface area contributed by atoms with Crippen LogP contribution in [0.15, 0.2) is 47.4 Å². The van der Waals surface area contributed by atoms with E-state index in [1.807, 2.05) is 0 Å². The van der Waals surface area contributed by atoms with Crippen molar-refractivity contribution in [1.82, 2.24) is 9.62 Å². The van der Waals surface area contributed by atoms with Crippen molar-refractivity contribution >= 4 is 27.5 Å². The summed E-state index contributed by atoms with van der Waals surface area (Å²) in [6.07, 6.45) is 0.413. The van der Waals surface area contributed by atoms with Crippen LogP contribution in [0, 0.1) is 0 Å². The number of nitrogens with one attached hydrogen (secondary N) is 1. The van der Waals surface area contributed by atoms with Gasteiger partial charge in [-0.25, -0.2) is 12.7 Å². The minimum absolute atomic E-state index is 0.0663. The normalized spacial score (nSPS) is 13.2. The zero-order chi connectivity index (χ0) is 21.9. The number of sulfonamides is 1.